The Morgan fingerprint density at radius 2 is 2.10 bits per heavy atom. The van der Waals surface area contributed by atoms with Gasteiger partial charge in [-0.1, -0.05) is 43.0 Å². The van der Waals surface area contributed by atoms with Gasteiger partial charge in [0, 0.05) is 13.5 Å². The summed E-state index contributed by atoms with van der Waals surface area (Å²) in [5, 5.41) is 0.0573. The van der Waals surface area contributed by atoms with Gasteiger partial charge >= 0.3 is 0 Å². The summed E-state index contributed by atoms with van der Waals surface area (Å²) in [4.78, 5) is 12.4. The molecule has 2 rings (SSSR count). The Morgan fingerprint density at radius 1 is 1.40 bits per heavy atom. The molecule has 1 unspecified atom stereocenters. The van der Waals surface area contributed by atoms with Crippen LogP contribution in [0.25, 0.3) is 0 Å². The molecule has 0 aliphatic heterocycles. The highest BCUT2D eigenvalue weighted by molar-refractivity contribution is 6.30. The average Bonchev–Trinajstić information content (AvgIpc) is 2.46. The zero-order valence-corrected chi connectivity index (χ0v) is 12.5. The van der Waals surface area contributed by atoms with E-state index in [1.165, 1.54) is 12.5 Å². The van der Waals surface area contributed by atoms with Crippen molar-refractivity contribution in [1.82, 2.24) is 0 Å². The number of ketones is 1. The zero-order chi connectivity index (χ0) is 14.5. The maximum absolute atomic E-state index is 13.8. The van der Waals surface area contributed by atoms with E-state index in [1.807, 2.05) is 0 Å². The highest BCUT2D eigenvalue weighted by atomic mass is 35.5. The third kappa shape index (κ3) is 3.58. The van der Waals surface area contributed by atoms with E-state index in [0.29, 0.717) is 5.56 Å². The first-order chi connectivity index (χ1) is 9.63. The Bertz CT molecular complexity index is 470. The highest BCUT2D eigenvalue weighted by Gasteiger charge is 2.29. The van der Waals surface area contributed by atoms with Crippen molar-refractivity contribution in [2.75, 3.05) is 7.11 Å². The number of benzene rings is 1. The third-order valence-corrected chi connectivity index (χ3v) is 4.34. The molecule has 2 nitrogen and oxygen atoms in total. The second-order valence-electron chi connectivity index (χ2n) is 5.41. The minimum absolute atomic E-state index is 0.0431. The van der Waals surface area contributed by atoms with Crippen LogP contribution in [0.3, 0.4) is 0 Å². The van der Waals surface area contributed by atoms with E-state index in [9.17, 15) is 9.18 Å². The minimum atomic E-state index is -0.499. The van der Waals surface area contributed by atoms with Crippen LogP contribution in [0.5, 0.6) is 0 Å². The quantitative estimate of drug-likeness (QED) is 0.815. The van der Waals surface area contributed by atoms with Crippen molar-refractivity contribution in [2.24, 2.45) is 5.92 Å². The number of methoxy groups -OCH3 is 1. The van der Waals surface area contributed by atoms with Crippen molar-refractivity contribution >= 4 is 17.4 Å². The van der Waals surface area contributed by atoms with Gasteiger partial charge in [-0.15, -0.1) is 0 Å². The lowest BCUT2D eigenvalue weighted by Gasteiger charge is -2.28. The molecule has 0 radical (unpaired) electrons. The molecule has 1 aliphatic carbocycles. The number of carbonyl (C=O) groups is 1. The molecule has 0 saturated heterocycles. The Morgan fingerprint density at radius 3 is 2.75 bits per heavy atom. The van der Waals surface area contributed by atoms with Crippen LogP contribution in [0.1, 0.15) is 37.7 Å². The van der Waals surface area contributed by atoms with Gasteiger partial charge in [-0.2, -0.15) is 0 Å². The lowest BCUT2D eigenvalue weighted by molar-refractivity contribution is -0.132. The average molecular weight is 299 g/mol. The van der Waals surface area contributed by atoms with Crippen molar-refractivity contribution < 1.29 is 13.9 Å². The predicted molar refractivity (Wildman–Crippen MR) is 77.5 cm³/mol. The molecule has 4 heteroatoms. The lowest BCUT2D eigenvalue weighted by atomic mass is 9.82. The van der Waals surface area contributed by atoms with Crippen molar-refractivity contribution in [3.05, 3.63) is 34.6 Å². The number of Topliss-reactive ketones (excluding diaryl/α,β-unsaturated/α-hetero) is 1. The Balaban J connectivity index is 2.07. The van der Waals surface area contributed by atoms with E-state index < -0.39 is 11.9 Å². The fourth-order valence-electron chi connectivity index (χ4n) is 3.00. The number of hydrogen-bond acceptors (Lipinski definition) is 2. The molecule has 1 aliphatic rings. The van der Waals surface area contributed by atoms with Gasteiger partial charge in [0.25, 0.3) is 0 Å². The second kappa shape index (κ2) is 7.19. The van der Waals surface area contributed by atoms with Gasteiger partial charge < -0.3 is 4.74 Å². The molecule has 0 spiro atoms. The summed E-state index contributed by atoms with van der Waals surface area (Å²) in [5.41, 5.74) is 0.348. The molecule has 1 fully saturated rings. The van der Waals surface area contributed by atoms with E-state index >= 15 is 0 Å². The van der Waals surface area contributed by atoms with Gasteiger partial charge in [0.15, 0.2) is 5.78 Å². The second-order valence-corrected chi connectivity index (χ2v) is 5.82. The first-order valence-corrected chi connectivity index (χ1v) is 7.49. The standard InChI is InChI=1S/C16H20ClFO2/c1-20-16(11-6-3-2-4-7-11)14(19)10-12-8-5-9-13(17)15(12)18/h5,8-9,11,16H,2-4,6-7,10H2,1H3. The van der Waals surface area contributed by atoms with Crippen LogP contribution in [0.2, 0.25) is 5.02 Å². The number of hydrogen-bond donors (Lipinski definition) is 0. The predicted octanol–water partition coefficient (Wildman–Crippen LogP) is 4.19. The van der Waals surface area contributed by atoms with Crippen molar-refractivity contribution in [3.8, 4) is 0 Å². The van der Waals surface area contributed by atoms with Gasteiger partial charge in [-0.25, -0.2) is 4.39 Å². The van der Waals surface area contributed by atoms with Gasteiger partial charge in [0.05, 0.1) is 5.02 Å². The Hall–Kier alpha value is -0.930. The molecule has 0 bridgehead atoms. The van der Waals surface area contributed by atoms with E-state index in [-0.39, 0.29) is 23.1 Å². The van der Waals surface area contributed by atoms with Crippen LogP contribution in [-0.4, -0.2) is 19.0 Å². The van der Waals surface area contributed by atoms with Gasteiger partial charge in [-0.3, -0.25) is 4.79 Å². The summed E-state index contributed by atoms with van der Waals surface area (Å²) < 4.78 is 19.2. The minimum Gasteiger partial charge on any atom is -0.373 e. The normalized spacial score (nSPS) is 17.9. The van der Waals surface area contributed by atoms with Crippen molar-refractivity contribution in [2.45, 2.75) is 44.6 Å². The van der Waals surface area contributed by atoms with Gasteiger partial charge in [0.1, 0.15) is 11.9 Å². The molecule has 20 heavy (non-hydrogen) atoms. The maximum atomic E-state index is 13.8. The largest absolute Gasteiger partial charge is 0.373 e. The number of halogens is 2. The fraction of sp³-hybridized carbons (Fsp3) is 0.562. The van der Waals surface area contributed by atoms with Gasteiger partial charge in [0.2, 0.25) is 0 Å². The summed E-state index contributed by atoms with van der Waals surface area (Å²) in [6, 6.07) is 4.75. The molecule has 0 aromatic heterocycles. The highest BCUT2D eigenvalue weighted by Crippen LogP contribution is 2.29. The van der Waals surface area contributed by atoms with E-state index in [0.717, 1.165) is 25.7 Å². The van der Waals surface area contributed by atoms with Crippen LogP contribution in [-0.2, 0) is 16.0 Å². The molecule has 0 N–H and O–H groups in total. The molecule has 0 heterocycles. The molecule has 1 aromatic rings. The summed E-state index contributed by atoms with van der Waals surface area (Å²) in [5.74, 6) is -0.287. The van der Waals surface area contributed by atoms with Crippen molar-refractivity contribution in [3.63, 3.8) is 0 Å². The number of carbonyl (C=O) groups excluding carboxylic acids is 1. The molecule has 110 valence electrons. The third-order valence-electron chi connectivity index (χ3n) is 4.05. The number of rotatable bonds is 5. The molecule has 0 amide bonds. The van der Waals surface area contributed by atoms with Crippen LogP contribution < -0.4 is 0 Å². The van der Waals surface area contributed by atoms with Crippen LogP contribution in [0, 0.1) is 11.7 Å². The van der Waals surface area contributed by atoms with Crippen molar-refractivity contribution in [1.29, 1.82) is 0 Å². The Labute approximate surface area is 124 Å². The topological polar surface area (TPSA) is 26.3 Å². The smallest absolute Gasteiger partial charge is 0.166 e. The van der Waals surface area contributed by atoms with Crippen LogP contribution in [0.4, 0.5) is 4.39 Å². The SMILES string of the molecule is COC(C(=O)Cc1cccc(Cl)c1F)C1CCCCC1. The summed E-state index contributed by atoms with van der Waals surface area (Å²) in [6.07, 6.45) is 5.16. The fourth-order valence-corrected chi connectivity index (χ4v) is 3.19. The molecule has 1 atom stereocenters. The first kappa shape index (κ1) is 15.5. The summed E-state index contributed by atoms with van der Waals surface area (Å²) in [6.45, 7) is 0. The Kier molecular flexibility index (Phi) is 5.55. The van der Waals surface area contributed by atoms with Crippen LogP contribution >= 0.6 is 11.6 Å². The van der Waals surface area contributed by atoms with E-state index in [1.54, 1.807) is 19.2 Å². The first-order valence-electron chi connectivity index (χ1n) is 7.12. The van der Waals surface area contributed by atoms with Gasteiger partial charge in [-0.05, 0) is 30.4 Å². The number of ether oxygens (including phenoxy) is 1. The molecular formula is C16H20ClFO2. The monoisotopic (exact) mass is 298 g/mol. The summed E-state index contributed by atoms with van der Waals surface area (Å²) in [7, 11) is 1.56. The van der Waals surface area contributed by atoms with E-state index in [2.05, 4.69) is 0 Å². The maximum Gasteiger partial charge on any atom is 0.166 e. The summed E-state index contributed by atoms with van der Waals surface area (Å²) >= 11 is 5.74. The van der Waals surface area contributed by atoms with Crippen LogP contribution in [0.15, 0.2) is 18.2 Å². The lowest BCUT2D eigenvalue weighted by Crippen LogP contribution is -2.34. The molecule has 1 saturated carbocycles. The zero-order valence-electron chi connectivity index (χ0n) is 11.7. The molecule has 1 aromatic carbocycles. The van der Waals surface area contributed by atoms with E-state index in [4.69, 9.17) is 16.3 Å². The molecular weight excluding hydrogens is 279 g/mol.